The summed E-state index contributed by atoms with van der Waals surface area (Å²) < 4.78 is 5.18. The Hall–Kier alpha value is -1.11. The second-order valence-electron chi connectivity index (χ2n) is 3.02. The zero-order valence-electron chi connectivity index (χ0n) is 9.30. The van der Waals surface area contributed by atoms with Crippen molar-refractivity contribution in [2.45, 2.75) is 17.1 Å². The molecule has 0 radical (unpaired) electrons. The number of pyridine rings is 1. The molecule has 2 aromatic rings. The van der Waals surface area contributed by atoms with Crippen molar-refractivity contribution in [3.63, 3.8) is 0 Å². The molecule has 0 fully saturated rings. The van der Waals surface area contributed by atoms with Crippen molar-refractivity contribution in [3.05, 3.63) is 28.6 Å². The zero-order valence-corrected chi connectivity index (χ0v) is 11.6. The second kappa shape index (κ2) is 6.17. The third-order valence-corrected chi connectivity index (χ3v) is 2.95. The van der Waals surface area contributed by atoms with E-state index in [-0.39, 0.29) is 11.3 Å². The highest BCUT2D eigenvalue weighted by Crippen LogP contribution is 2.25. The van der Waals surface area contributed by atoms with Crippen molar-refractivity contribution in [1.29, 1.82) is 0 Å². The molecule has 0 saturated heterocycles. The van der Waals surface area contributed by atoms with Gasteiger partial charge < -0.3 is 4.74 Å². The highest BCUT2D eigenvalue weighted by molar-refractivity contribution is 7.99. The van der Waals surface area contributed by atoms with Crippen LogP contribution in [0.2, 0.25) is 10.3 Å². The van der Waals surface area contributed by atoms with Crippen LogP contribution >= 0.6 is 35.0 Å². The average Bonchev–Trinajstić information content (AvgIpc) is 2.32. The summed E-state index contributed by atoms with van der Waals surface area (Å²) in [5.41, 5.74) is 0. The van der Waals surface area contributed by atoms with Gasteiger partial charge in [-0.15, -0.1) is 0 Å². The minimum absolute atomic E-state index is 0.0879. The molecule has 0 aliphatic rings. The Labute approximate surface area is 118 Å². The van der Waals surface area contributed by atoms with Gasteiger partial charge in [0.2, 0.25) is 10.4 Å². The van der Waals surface area contributed by atoms with E-state index in [0.717, 1.165) is 0 Å². The molecule has 0 amide bonds. The van der Waals surface area contributed by atoms with Crippen LogP contribution in [0.5, 0.6) is 6.01 Å². The molecule has 2 rings (SSSR count). The Kier molecular flexibility index (Phi) is 4.57. The molecule has 0 aromatic carbocycles. The maximum atomic E-state index is 5.78. The molecule has 94 valence electrons. The Bertz CT molecular complexity index is 538. The topological polar surface area (TPSA) is 60.8 Å². The van der Waals surface area contributed by atoms with Gasteiger partial charge in [-0.3, -0.25) is 0 Å². The number of ether oxygens (including phenoxy) is 1. The van der Waals surface area contributed by atoms with Crippen LogP contribution < -0.4 is 4.74 Å². The summed E-state index contributed by atoms with van der Waals surface area (Å²) in [5.74, 6) is 0. The first-order valence-corrected chi connectivity index (χ1v) is 6.58. The quantitative estimate of drug-likeness (QED) is 0.865. The fourth-order valence-corrected chi connectivity index (χ4v) is 2.07. The summed E-state index contributed by atoms with van der Waals surface area (Å²) >= 11 is 12.8. The van der Waals surface area contributed by atoms with Gasteiger partial charge in [0.1, 0.15) is 5.03 Å². The maximum absolute atomic E-state index is 5.78. The molecule has 8 heteroatoms. The van der Waals surface area contributed by atoms with Crippen molar-refractivity contribution >= 4 is 35.0 Å². The number of rotatable bonds is 4. The van der Waals surface area contributed by atoms with Gasteiger partial charge in [0.15, 0.2) is 0 Å². The molecule has 0 atom stereocenters. The van der Waals surface area contributed by atoms with E-state index < -0.39 is 0 Å². The van der Waals surface area contributed by atoms with Crippen LogP contribution in [0.3, 0.4) is 0 Å². The normalized spacial score (nSPS) is 10.4. The largest absolute Gasteiger partial charge is 0.464 e. The number of nitrogens with zero attached hydrogens (tertiary/aromatic N) is 4. The predicted molar refractivity (Wildman–Crippen MR) is 69.4 cm³/mol. The number of halogens is 2. The lowest BCUT2D eigenvalue weighted by atomic mass is 10.5. The van der Waals surface area contributed by atoms with Gasteiger partial charge in [0.05, 0.1) is 11.6 Å². The van der Waals surface area contributed by atoms with Gasteiger partial charge in [0.25, 0.3) is 0 Å². The van der Waals surface area contributed by atoms with Crippen LogP contribution in [0.1, 0.15) is 6.92 Å². The highest BCUT2D eigenvalue weighted by atomic mass is 35.5. The molecule has 0 unspecified atom stereocenters. The summed E-state index contributed by atoms with van der Waals surface area (Å²) in [6, 6.07) is 3.71. The Morgan fingerprint density at radius 3 is 2.72 bits per heavy atom. The van der Waals surface area contributed by atoms with E-state index in [1.165, 1.54) is 11.8 Å². The van der Waals surface area contributed by atoms with Crippen LogP contribution in [0.15, 0.2) is 28.5 Å². The standard InChI is InChI=1S/C10H8Cl2N4OS/c1-2-17-9-14-8(12)15-10(16-9)18-7-4-3-6(11)5-13-7/h3-5H,2H2,1H3. The molecule has 2 heterocycles. The van der Waals surface area contributed by atoms with E-state index in [1.54, 1.807) is 18.3 Å². The van der Waals surface area contributed by atoms with Gasteiger partial charge in [0, 0.05) is 6.20 Å². The molecule has 0 N–H and O–H groups in total. The Morgan fingerprint density at radius 1 is 1.22 bits per heavy atom. The van der Waals surface area contributed by atoms with E-state index in [9.17, 15) is 0 Å². The van der Waals surface area contributed by atoms with E-state index >= 15 is 0 Å². The molecule has 0 saturated carbocycles. The molecule has 0 bridgehead atoms. The van der Waals surface area contributed by atoms with Crippen molar-refractivity contribution in [3.8, 4) is 6.01 Å². The van der Waals surface area contributed by atoms with Crippen molar-refractivity contribution in [2.75, 3.05) is 6.61 Å². The number of aromatic nitrogens is 4. The summed E-state index contributed by atoms with van der Waals surface area (Å²) in [5, 5.41) is 1.80. The van der Waals surface area contributed by atoms with Crippen LogP contribution in [-0.2, 0) is 0 Å². The van der Waals surface area contributed by atoms with Crippen LogP contribution in [0.25, 0.3) is 0 Å². The molecular formula is C10H8Cl2N4OS. The summed E-state index contributed by atoms with van der Waals surface area (Å²) in [6.45, 7) is 2.30. The predicted octanol–water partition coefficient (Wildman–Crippen LogP) is 3.12. The number of hydrogen-bond acceptors (Lipinski definition) is 6. The first kappa shape index (κ1) is 13.3. The lowest BCUT2D eigenvalue weighted by Crippen LogP contribution is -2.00. The lowest BCUT2D eigenvalue weighted by Gasteiger charge is -2.03. The first-order chi connectivity index (χ1) is 8.67. The smallest absolute Gasteiger partial charge is 0.321 e. The van der Waals surface area contributed by atoms with Crippen LogP contribution in [0.4, 0.5) is 0 Å². The second-order valence-corrected chi connectivity index (χ2v) is 4.78. The molecule has 18 heavy (non-hydrogen) atoms. The highest BCUT2D eigenvalue weighted by Gasteiger charge is 2.08. The van der Waals surface area contributed by atoms with Gasteiger partial charge in [-0.25, -0.2) is 4.98 Å². The Morgan fingerprint density at radius 2 is 2.06 bits per heavy atom. The molecule has 5 nitrogen and oxygen atoms in total. The SMILES string of the molecule is CCOc1nc(Cl)nc(Sc2ccc(Cl)cn2)n1. The van der Waals surface area contributed by atoms with Crippen molar-refractivity contribution in [2.24, 2.45) is 0 Å². The fraction of sp³-hybridized carbons (Fsp3) is 0.200. The summed E-state index contributed by atoms with van der Waals surface area (Å²) in [7, 11) is 0. The number of hydrogen-bond donors (Lipinski definition) is 0. The molecule has 0 aliphatic heterocycles. The summed E-state index contributed by atoms with van der Waals surface area (Å²) in [6.07, 6.45) is 1.55. The zero-order chi connectivity index (χ0) is 13.0. The minimum Gasteiger partial charge on any atom is -0.464 e. The Balaban J connectivity index is 2.20. The molecule has 0 spiro atoms. The molecule has 0 aliphatic carbocycles. The molecular weight excluding hydrogens is 295 g/mol. The van der Waals surface area contributed by atoms with Crippen LogP contribution in [-0.4, -0.2) is 26.5 Å². The third-order valence-electron chi connectivity index (χ3n) is 1.74. The van der Waals surface area contributed by atoms with E-state index in [0.29, 0.717) is 21.8 Å². The van der Waals surface area contributed by atoms with Crippen molar-refractivity contribution in [1.82, 2.24) is 19.9 Å². The maximum Gasteiger partial charge on any atom is 0.321 e. The minimum atomic E-state index is 0.0879. The van der Waals surface area contributed by atoms with E-state index in [4.69, 9.17) is 27.9 Å². The van der Waals surface area contributed by atoms with Gasteiger partial charge in [-0.1, -0.05) is 11.6 Å². The van der Waals surface area contributed by atoms with Crippen molar-refractivity contribution < 1.29 is 4.74 Å². The first-order valence-electron chi connectivity index (χ1n) is 5.01. The van der Waals surface area contributed by atoms with E-state index in [1.807, 2.05) is 6.92 Å². The average molecular weight is 303 g/mol. The van der Waals surface area contributed by atoms with Gasteiger partial charge in [-0.05, 0) is 42.4 Å². The van der Waals surface area contributed by atoms with Crippen LogP contribution in [0, 0.1) is 0 Å². The fourth-order valence-electron chi connectivity index (χ4n) is 1.07. The van der Waals surface area contributed by atoms with Gasteiger partial charge in [-0.2, -0.15) is 15.0 Å². The van der Waals surface area contributed by atoms with Gasteiger partial charge >= 0.3 is 6.01 Å². The summed E-state index contributed by atoms with van der Waals surface area (Å²) in [4.78, 5) is 16.1. The monoisotopic (exact) mass is 302 g/mol. The third kappa shape index (κ3) is 3.69. The lowest BCUT2D eigenvalue weighted by molar-refractivity contribution is 0.307. The van der Waals surface area contributed by atoms with E-state index in [2.05, 4.69) is 19.9 Å². The molecule has 2 aromatic heterocycles.